The molecule has 0 spiro atoms. The number of rotatable bonds is 3. The number of ether oxygens (including phenoxy) is 2. The van der Waals surface area contributed by atoms with Gasteiger partial charge in [-0.1, -0.05) is 14.9 Å². The van der Waals surface area contributed by atoms with E-state index < -0.39 is 23.4 Å². The van der Waals surface area contributed by atoms with E-state index in [1.54, 1.807) is 41.5 Å². The molecule has 0 atom stereocenters. The average Bonchev–Trinajstić information content (AvgIpc) is 2.50. The van der Waals surface area contributed by atoms with Crippen molar-refractivity contribution in [3.8, 4) is 0 Å². The van der Waals surface area contributed by atoms with Crippen molar-refractivity contribution >= 4 is 35.2 Å². The minimum atomic E-state index is -0.668. The molecular formula is C20H42N4O7. The summed E-state index contributed by atoms with van der Waals surface area (Å²) in [4.78, 5) is 51.7. The zero-order valence-electron chi connectivity index (χ0n) is 18.9. The van der Waals surface area contributed by atoms with E-state index in [1.807, 2.05) is 5.43 Å². The van der Waals surface area contributed by atoms with Crippen LogP contribution in [0.15, 0.2) is 5.10 Å². The third-order valence-electron chi connectivity index (χ3n) is 2.24. The number of hydrogen-bond acceptors (Lipinski definition) is 9. The molecule has 11 heteroatoms. The van der Waals surface area contributed by atoms with Crippen molar-refractivity contribution in [1.29, 1.82) is 0 Å². The maximum Gasteiger partial charge on any atom is 0.428 e. The Bertz CT molecular complexity index is 604. The minimum absolute atomic E-state index is 0. The van der Waals surface area contributed by atoms with E-state index in [9.17, 15) is 24.0 Å². The van der Waals surface area contributed by atoms with Gasteiger partial charge >= 0.3 is 12.2 Å². The summed E-state index contributed by atoms with van der Waals surface area (Å²) in [6.45, 7) is 15.9. The molecule has 184 valence electrons. The molecule has 0 unspecified atom stereocenters. The van der Waals surface area contributed by atoms with Crippen LogP contribution in [-0.4, -0.2) is 46.5 Å². The highest BCUT2D eigenvalue weighted by atomic mass is 16.6. The standard InChI is InChI=1S/C9H16N2O3.C5H12N2O2.C4H6O2.2CH4/c1-6(7(2)12)10-11-8(13)14-9(3,4)5;1-5(2,3)9-4(8)7-6;1-3(5)4(2)6;;/h1-5H3,(H,11,13);6H2,1-3H3,(H,7,8);1-2H3;2*1H4/b10-6+;;;;. The van der Waals surface area contributed by atoms with Gasteiger partial charge in [0.05, 0.1) is 0 Å². The van der Waals surface area contributed by atoms with Crippen LogP contribution >= 0.6 is 0 Å². The van der Waals surface area contributed by atoms with Gasteiger partial charge in [0.25, 0.3) is 0 Å². The van der Waals surface area contributed by atoms with Crippen molar-refractivity contribution in [2.75, 3.05) is 0 Å². The predicted molar refractivity (Wildman–Crippen MR) is 122 cm³/mol. The van der Waals surface area contributed by atoms with Crippen molar-refractivity contribution in [2.24, 2.45) is 10.9 Å². The summed E-state index contributed by atoms with van der Waals surface area (Å²) in [6.07, 6.45) is -1.28. The molecule has 0 bridgehead atoms. The fourth-order valence-corrected chi connectivity index (χ4v) is 0.817. The maximum absolute atomic E-state index is 11.0. The largest absolute Gasteiger partial charge is 0.443 e. The first-order chi connectivity index (χ1) is 12.8. The highest BCUT2D eigenvalue weighted by Crippen LogP contribution is 2.06. The van der Waals surface area contributed by atoms with Crippen LogP contribution < -0.4 is 16.7 Å². The van der Waals surface area contributed by atoms with Gasteiger partial charge in [0.2, 0.25) is 0 Å². The summed E-state index contributed by atoms with van der Waals surface area (Å²) in [5, 5.41) is 3.55. The van der Waals surface area contributed by atoms with Crippen LogP contribution in [0.4, 0.5) is 9.59 Å². The molecule has 0 aromatic carbocycles. The Balaban J connectivity index is -0.000000115. The van der Waals surface area contributed by atoms with Crippen molar-refractivity contribution in [3.05, 3.63) is 0 Å². The number of nitrogens with two attached hydrogens (primary N) is 1. The minimum Gasteiger partial charge on any atom is -0.443 e. The molecule has 0 aliphatic carbocycles. The van der Waals surface area contributed by atoms with Gasteiger partial charge in [-0.2, -0.15) is 5.10 Å². The molecule has 0 fully saturated rings. The van der Waals surface area contributed by atoms with Crippen LogP contribution in [0, 0.1) is 0 Å². The molecular weight excluding hydrogens is 408 g/mol. The van der Waals surface area contributed by atoms with Crippen molar-refractivity contribution in [2.45, 2.75) is 95.3 Å². The van der Waals surface area contributed by atoms with E-state index >= 15 is 0 Å². The Hall–Kier alpha value is -2.82. The fourth-order valence-electron chi connectivity index (χ4n) is 0.817. The quantitative estimate of drug-likeness (QED) is 0.193. The summed E-state index contributed by atoms with van der Waals surface area (Å²) < 4.78 is 9.61. The summed E-state index contributed by atoms with van der Waals surface area (Å²) in [6, 6.07) is 0. The van der Waals surface area contributed by atoms with Crippen molar-refractivity contribution in [1.82, 2.24) is 10.9 Å². The van der Waals surface area contributed by atoms with E-state index in [-0.39, 0.29) is 37.9 Å². The molecule has 31 heavy (non-hydrogen) atoms. The van der Waals surface area contributed by atoms with Crippen LogP contribution in [-0.2, 0) is 23.9 Å². The molecule has 0 aliphatic heterocycles. The molecule has 0 radical (unpaired) electrons. The molecule has 0 aromatic rings. The summed E-state index contributed by atoms with van der Waals surface area (Å²) >= 11 is 0. The van der Waals surface area contributed by atoms with E-state index in [1.165, 1.54) is 27.7 Å². The number of nitrogens with zero attached hydrogens (tertiary/aromatic N) is 1. The van der Waals surface area contributed by atoms with Crippen LogP contribution in [0.3, 0.4) is 0 Å². The van der Waals surface area contributed by atoms with Gasteiger partial charge in [0, 0.05) is 20.8 Å². The molecule has 2 amide bonds. The number of carbonyl (C=O) groups excluding carboxylic acids is 5. The number of Topliss-reactive ketones (excluding diaryl/α,β-unsaturated/α-hetero) is 3. The topological polar surface area (TPSA) is 166 Å². The molecule has 0 aromatic heterocycles. The first-order valence-corrected chi connectivity index (χ1v) is 8.57. The smallest absolute Gasteiger partial charge is 0.428 e. The summed E-state index contributed by atoms with van der Waals surface area (Å²) in [7, 11) is 0. The van der Waals surface area contributed by atoms with E-state index in [0.29, 0.717) is 0 Å². The maximum atomic E-state index is 11.0. The first kappa shape index (κ1) is 38.7. The molecule has 0 saturated carbocycles. The first-order valence-electron chi connectivity index (χ1n) is 8.57. The van der Waals surface area contributed by atoms with E-state index in [2.05, 4.69) is 10.5 Å². The average molecular weight is 451 g/mol. The Labute approximate surface area is 186 Å². The Kier molecular flexibility index (Phi) is 22.5. The van der Waals surface area contributed by atoms with Crippen LogP contribution in [0.5, 0.6) is 0 Å². The molecule has 0 rings (SSSR count). The number of hydrazone groups is 1. The van der Waals surface area contributed by atoms with Gasteiger partial charge in [-0.3, -0.25) is 19.8 Å². The lowest BCUT2D eigenvalue weighted by Gasteiger charge is -2.18. The number of hydrazine groups is 1. The summed E-state index contributed by atoms with van der Waals surface area (Å²) in [5.41, 5.74) is 3.18. The Morgan fingerprint density at radius 1 is 0.677 bits per heavy atom. The fraction of sp³-hybridized carbons (Fsp3) is 0.700. The predicted octanol–water partition coefficient (Wildman–Crippen LogP) is 3.30. The zero-order valence-corrected chi connectivity index (χ0v) is 18.9. The number of nitrogens with one attached hydrogen (secondary N) is 2. The van der Waals surface area contributed by atoms with E-state index in [0.717, 1.165) is 0 Å². The number of amides is 2. The second kappa shape index (κ2) is 18.0. The van der Waals surface area contributed by atoms with Crippen LogP contribution in [0.25, 0.3) is 0 Å². The summed E-state index contributed by atoms with van der Waals surface area (Å²) in [5.74, 6) is 3.80. The highest BCUT2D eigenvalue weighted by molar-refractivity contribution is 6.38. The Morgan fingerprint density at radius 3 is 1.19 bits per heavy atom. The monoisotopic (exact) mass is 450 g/mol. The lowest BCUT2D eigenvalue weighted by molar-refractivity contribution is -0.134. The third kappa shape index (κ3) is 35.0. The van der Waals surface area contributed by atoms with Gasteiger partial charge < -0.3 is 9.47 Å². The number of ketones is 3. The molecule has 4 N–H and O–H groups in total. The van der Waals surface area contributed by atoms with Gasteiger partial charge in [0.1, 0.15) is 16.9 Å². The Morgan fingerprint density at radius 2 is 1.00 bits per heavy atom. The lowest BCUT2D eigenvalue weighted by Crippen LogP contribution is -2.36. The normalized spacial score (nSPS) is 10.1. The third-order valence-corrected chi connectivity index (χ3v) is 2.24. The zero-order chi connectivity index (χ0) is 24.0. The second-order valence-electron chi connectivity index (χ2n) is 7.63. The van der Waals surface area contributed by atoms with E-state index in [4.69, 9.17) is 15.3 Å². The van der Waals surface area contributed by atoms with Crippen LogP contribution in [0.1, 0.15) is 84.1 Å². The molecule has 0 saturated heterocycles. The second-order valence-corrected chi connectivity index (χ2v) is 7.63. The van der Waals surface area contributed by atoms with Crippen LogP contribution in [0.2, 0.25) is 0 Å². The highest BCUT2D eigenvalue weighted by Gasteiger charge is 2.16. The van der Waals surface area contributed by atoms with Gasteiger partial charge in [0.15, 0.2) is 17.3 Å². The van der Waals surface area contributed by atoms with Gasteiger partial charge in [-0.25, -0.2) is 20.9 Å². The molecule has 0 heterocycles. The SMILES string of the molecule is C.C.CC(=O)/C(C)=N/NC(=O)OC(C)(C)C.CC(=O)C(C)=O.CC(C)(C)OC(=O)NN. The molecule has 11 nitrogen and oxygen atoms in total. The number of hydrogen-bond donors (Lipinski definition) is 3. The molecule has 0 aliphatic rings. The van der Waals surface area contributed by atoms with Crippen molar-refractivity contribution in [3.63, 3.8) is 0 Å². The van der Waals surface area contributed by atoms with Crippen molar-refractivity contribution < 1.29 is 33.4 Å². The van der Waals surface area contributed by atoms with Gasteiger partial charge in [-0.15, -0.1) is 0 Å². The van der Waals surface area contributed by atoms with Gasteiger partial charge in [-0.05, 0) is 48.5 Å². The number of carbonyl (C=O) groups is 5. The lowest BCUT2D eigenvalue weighted by atomic mass is 10.2.